The fourth-order valence-corrected chi connectivity index (χ4v) is 3.26. The van der Waals surface area contributed by atoms with E-state index in [0.29, 0.717) is 11.4 Å². The first-order chi connectivity index (χ1) is 13.1. The summed E-state index contributed by atoms with van der Waals surface area (Å²) in [4.78, 5) is 30.8. The molecule has 132 valence electrons. The maximum Gasteiger partial charge on any atom is 0.251 e. The molecule has 6 heteroatoms. The third-order valence-corrected chi connectivity index (χ3v) is 4.61. The Kier molecular flexibility index (Phi) is 4.48. The first-order valence-electron chi connectivity index (χ1n) is 8.40. The molecule has 1 atom stereocenters. The number of nitrogens with zero attached hydrogens (tertiary/aromatic N) is 2. The van der Waals surface area contributed by atoms with Crippen LogP contribution in [0.4, 0.5) is 11.4 Å². The highest BCUT2D eigenvalue weighted by molar-refractivity contribution is 7.80. The summed E-state index contributed by atoms with van der Waals surface area (Å²) in [5, 5.41) is 4.80. The molecule has 0 bridgehead atoms. The second kappa shape index (κ2) is 7.09. The Morgan fingerprint density at radius 3 is 2.41 bits per heavy atom. The quantitative estimate of drug-likeness (QED) is 0.433. The number of fused-ring (bicyclic) bond motifs is 1. The van der Waals surface area contributed by atoms with Crippen molar-refractivity contribution in [3.8, 4) is 0 Å². The highest BCUT2D eigenvalue weighted by atomic mass is 32.1. The number of amides is 2. The first-order valence-corrected chi connectivity index (χ1v) is 8.81. The smallest absolute Gasteiger partial charge is 0.251 e. The van der Waals surface area contributed by atoms with Gasteiger partial charge in [0.25, 0.3) is 5.91 Å². The van der Waals surface area contributed by atoms with Gasteiger partial charge in [-0.05, 0) is 47.3 Å². The lowest BCUT2D eigenvalue weighted by Crippen LogP contribution is -2.58. The lowest BCUT2D eigenvalue weighted by molar-refractivity contribution is -0.130. The number of benzene rings is 3. The summed E-state index contributed by atoms with van der Waals surface area (Å²) in [6.07, 6.45) is 1.37. The fraction of sp³-hybridized carbons (Fsp3) is 0.0476. The first kappa shape index (κ1) is 17.1. The molecule has 0 spiro atoms. The Balaban J connectivity index is 1.63. The van der Waals surface area contributed by atoms with Gasteiger partial charge in [-0.3, -0.25) is 19.5 Å². The average Bonchev–Trinajstić information content (AvgIpc) is 2.68. The molecule has 3 aromatic carbocycles. The largest absolute Gasteiger partial charge is 0.301 e. The van der Waals surface area contributed by atoms with Crippen LogP contribution in [-0.2, 0) is 9.59 Å². The number of aliphatic imine (C=N–C) groups is 1. The molecule has 1 aliphatic rings. The molecule has 1 N–H and O–H groups in total. The van der Waals surface area contributed by atoms with E-state index in [0.717, 1.165) is 10.8 Å². The average molecular weight is 373 g/mol. The van der Waals surface area contributed by atoms with Gasteiger partial charge >= 0.3 is 0 Å². The zero-order valence-corrected chi connectivity index (χ0v) is 15.0. The molecule has 0 radical (unpaired) electrons. The lowest BCUT2D eigenvalue weighted by Gasteiger charge is -2.30. The monoisotopic (exact) mass is 373 g/mol. The summed E-state index contributed by atoms with van der Waals surface area (Å²) in [7, 11) is 0. The Labute approximate surface area is 161 Å². The molecule has 0 saturated carbocycles. The van der Waals surface area contributed by atoms with Crippen LogP contribution in [0.5, 0.6) is 0 Å². The van der Waals surface area contributed by atoms with Crippen LogP contribution in [0.15, 0.2) is 77.8 Å². The molecular formula is C21H15N3O2S. The molecule has 0 aromatic heterocycles. The fourth-order valence-electron chi connectivity index (χ4n) is 2.96. The molecule has 1 fully saturated rings. The van der Waals surface area contributed by atoms with E-state index in [2.05, 4.69) is 10.3 Å². The Bertz CT molecular complexity index is 1080. The molecule has 5 nitrogen and oxygen atoms in total. The van der Waals surface area contributed by atoms with Gasteiger partial charge in [0, 0.05) is 6.21 Å². The number of anilines is 1. The van der Waals surface area contributed by atoms with E-state index in [-0.39, 0.29) is 5.11 Å². The van der Waals surface area contributed by atoms with Gasteiger partial charge in [0.05, 0.1) is 11.4 Å². The molecule has 27 heavy (non-hydrogen) atoms. The molecule has 1 heterocycles. The van der Waals surface area contributed by atoms with Gasteiger partial charge in [0.1, 0.15) is 0 Å². The van der Waals surface area contributed by atoms with E-state index in [4.69, 9.17) is 12.2 Å². The van der Waals surface area contributed by atoms with Crippen LogP contribution in [0.1, 0.15) is 0 Å². The third-order valence-electron chi connectivity index (χ3n) is 4.32. The summed E-state index contributed by atoms with van der Waals surface area (Å²) in [5.41, 5.74) is 1.28. The van der Waals surface area contributed by atoms with Crippen LogP contribution in [0.2, 0.25) is 0 Å². The molecule has 0 unspecified atom stereocenters. The number of carbonyl (C=O) groups excluding carboxylic acids is 2. The van der Waals surface area contributed by atoms with Crippen molar-refractivity contribution in [2.75, 3.05) is 4.90 Å². The minimum atomic E-state index is -1.04. The molecule has 3 aromatic rings. The van der Waals surface area contributed by atoms with Crippen LogP contribution in [0.25, 0.3) is 10.8 Å². The zero-order valence-electron chi connectivity index (χ0n) is 14.2. The Hall–Kier alpha value is -3.38. The standard InChI is InChI=1S/C21H15N3O2S/c25-19-18(13-22-16-11-10-14-6-4-5-7-15(14)12-16)20(26)24(21(27)23-19)17-8-2-1-3-9-17/h1-13,18H,(H,23,25,27)/t18-/m0/s1. The molecule has 1 saturated heterocycles. The summed E-state index contributed by atoms with van der Waals surface area (Å²) in [5.74, 6) is -1.93. The highest BCUT2D eigenvalue weighted by Gasteiger charge is 2.38. The molecule has 0 aliphatic carbocycles. The number of hydrogen-bond donors (Lipinski definition) is 1. The SMILES string of the molecule is O=C1NC(=S)N(c2ccccc2)C(=O)[C@H]1C=Nc1ccc2ccccc2c1. The van der Waals surface area contributed by atoms with Crippen LogP contribution in [0, 0.1) is 5.92 Å². The van der Waals surface area contributed by atoms with Crippen molar-refractivity contribution in [3.63, 3.8) is 0 Å². The molecule has 2 amide bonds. The molecular weight excluding hydrogens is 358 g/mol. The summed E-state index contributed by atoms with van der Waals surface area (Å²) in [6.45, 7) is 0. The maximum atomic E-state index is 12.9. The van der Waals surface area contributed by atoms with Gasteiger partial charge < -0.3 is 5.32 Å². The predicted octanol–water partition coefficient (Wildman–Crippen LogP) is 3.61. The summed E-state index contributed by atoms with van der Waals surface area (Å²) < 4.78 is 0. The van der Waals surface area contributed by atoms with Crippen LogP contribution < -0.4 is 10.2 Å². The topological polar surface area (TPSA) is 61.8 Å². The zero-order chi connectivity index (χ0) is 18.8. The minimum Gasteiger partial charge on any atom is -0.301 e. The second-order valence-corrected chi connectivity index (χ2v) is 6.48. The van der Waals surface area contributed by atoms with Crippen molar-refractivity contribution in [1.29, 1.82) is 0 Å². The number of thiocarbonyl (C=S) groups is 1. The number of hydrogen-bond acceptors (Lipinski definition) is 4. The van der Waals surface area contributed by atoms with Gasteiger partial charge in [-0.25, -0.2) is 0 Å². The summed E-state index contributed by atoms with van der Waals surface area (Å²) >= 11 is 5.18. The third kappa shape index (κ3) is 3.35. The number of para-hydroxylation sites is 1. The number of rotatable bonds is 3. The van der Waals surface area contributed by atoms with Crippen LogP contribution >= 0.6 is 12.2 Å². The number of carbonyl (C=O) groups is 2. The van der Waals surface area contributed by atoms with Crippen molar-refractivity contribution < 1.29 is 9.59 Å². The highest BCUT2D eigenvalue weighted by Crippen LogP contribution is 2.23. The molecule has 4 rings (SSSR count). The molecule has 1 aliphatic heterocycles. The second-order valence-electron chi connectivity index (χ2n) is 6.09. The van der Waals surface area contributed by atoms with Crippen molar-refractivity contribution in [3.05, 3.63) is 72.8 Å². The van der Waals surface area contributed by atoms with E-state index in [1.54, 1.807) is 24.3 Å². The number of nitrogens with one attached hydrogen (secondary N) is 1. The van der Waals surface area contributed by atoms with E-state index in [1.807, 2.05) is 48.5 Å². The Morgan fingerprint density at radius 2 is 1.63 bits per heavy atom. The van der Waals surface area contributed by atoms with Gasteiger partial charge in [-0.2, -0.15) is 0 Å². The lowest BCUT2D eigenvalue weighted by atomic mass is 10.1. The summed E-state index contributed by atoms with van der Waals surface area (Å²) in [6, 6.07) is 22.6. The van der Waals surface area contributed by atoms with Crippen molar-refractivity contribution in [1.82, 2.24) is 5.32 Å². The van der Waals surface area contributed by atoms with Gasteiger partial charge in [0.15, 0.2) is 11.0 Å². The Morgan fingerprint density at radius 1 is 0.926 bits per heavy atom. The van der Waals surface area contributed by atoms with Gasteiger partial charge in [0.2, 0.25) is 5.91 Å². The van der Waals surface area contributed by atoms with Gasteiger partial charge in [-0.1, -0.05) is 48.5 Å². The van der Waals surface area contributed by atoms with Crippen molar-refractivity contribution in [2.45, 2.75) is 0 Å². The van der Waals surface area contributed by atoms with Crippen LogP contribution in [-0.4, -0.2) is 23.1 Å². The van der Waals surface area contributed by atoms with Crippen LogP contribution in [0.3, 0.4) is 0 Å². The minimum absolute atomic E-state index is 0.0755. The van der Waals surface area contributed by atoms with E-state index in [1.165, 1.54) is 11.1 Å². The maximum absolute atomic E-state index is 12.9. The predicted molar refractivity (Wildman–Crippen MR) is 110 cm³/mol. The normalized spacial score (nSPS) is 17.6. The van der Waals surface area contributed by atoms with Crippen molar-refractivity contribution >= 4 is 57.5 Å². The van der Waals surface area contributed by atoms with Crippen molar-refractivity contribution in [2.24, 2.45) is 10.9 Å². The van der Waals surface area contributed by atoms with E-state index in [9.17, 15) is 9.59 Å². The van der Waals surface area contributed by atoms with Gasteiger partial charge in [-0.15, -0.1) is 0 Å². The van der Waals surface area contributed by atoms with E-state index >= 15 is 0 Å². The van der Waals surface area contributed by atoms with E-state index < -0.39 is 17.7 Å².